The number of hydrogen-bond acceptors (Lipinski definition) is 5. The van der Waals surface area contributed by atoms with Gasteiger partial charge in [0.15, 0.2) is 19.7 Å². The Balaban J connectivity index is 1.98. The molecule has 128 valence electrons. The van der Waals surface area contributed by atoms with Crippen molar-refractivity contribution in [2.75, 3.05) is 24.3 Å². The van der Waals surface area contributed by atoms with Gasteiger partial charge in [0.25, 0.3) is 0 Å². The van der Waals surface area contributed by atoms with E-state index in [-0.39, 0.29) is 40.5 Å². The molecular formula is C14H18ClNO5S2. The van der Waals surface area contributed by atoms with Gasteiger partial charge < -0.3 is 4.90 Å². The maximum absolute atomic E-state index is 12.2. The minimum atomic E-state index is -3.61. The van der Waals surface area contributed by atoms with Crippen LogP contribution in [0.25, 0.3) is 0 Å². The standard InChI is InChI=1S/C14H18ClNO5S2/c1-16(12-5-7-22(18,19)10-12)14(17)6-8-23(20,21)13-4-2-3-11(15)9-13/h2-4,9,12H,5-8,10H2,1H3. The molecule has 9 heteroatoms. The summed E-state index contributed by atoms with van der Waals surface area (Å²) in [7, 11) is -5.19. The molecule has 0 radical (unpaired) electrons. The van der Waals surface area contributed by atoms with Gasteiger partial charge >= 0.3 is 0 Å². The van der Waals surface area contributed by atoms with Gasteiger partial charge in [-0.3, -0.25) is 4.79 Å². The highest BCUT2D eigenvalue weighted by atomic mass is 35.5. The second kappa shape index (κ2) is 6.78. The van der Waals surface area contributed by atoms with Gasteiger partial charge in [0.2, 0.25) is 5.91 Å². The van der Waals surface area contributed by atoms with Crippen LogP contribution in [0.2, 0.25) is 5.02 Å². The lowest BCUT2D eigenvalue weighted by molar-refractivity contribution is -0.131. The summed E-state index contributed by atoms with van der Waals surface area (Å²) >= 11 is 5.78. The highest BCUT2D eigenvalue weighted by Gasteiger charge is 2.33. The van der Waals surface area contributed by atoms with Crippen molar-refractivity contribution in [3.63, 3.8) is 0 Å². The largest absolute Gasteiger partial charge is 0.342 e. The average molecular weight is 380 g/mol. The highest BCUT2D eigenvalue weighted by Crippen LogP contribution is 2.19. The first-order valence-corrected chi connectivity index (χ1v) is 10.9. The Morgan fingerprint density at radius 2 is 2.09 bits per heavy atom. The molecule has 1 aliphatic heterocycles. The fourth-order valence-electron chi connectivity index (χ4n) is 2.46. The number of benzene rings is 1. The van der Waals surface area contributed by atoms with Crippen molar-refractivity contribution in [1.29, 1.82) is 0 Å². The third-order valence-electron chi connectivity index (χ3n) is 3.89. The van der Waals surface area contributed by atoms with Gasteiger partial charge in [-0.15, -0.1) is 0 Å². The summed E-state index contributed by atoms with van der Waals surface area (Å²) in [5, 5.41) is 0.311. The molecule has 2 rings (SSSR count). The fourth-order valence-corrected chi connectivity index (χ4v) is 5.76. The first kappa shape index (κ1) is 18.2. The summed E-state index contributed by atoms with van der Waals surface area (Å²) in [6, 6.07) is 5.50. The first-order chi connectivity index (χ1) is 10.6. The highest BCUT2D eigenvalue weighted by molar-refractivity contribution is 7.91. The van der Waals surface area contributed by atoms with E-state index < -0.39 is 19.7 Å². The van der Waals surface area contributed by atoms with Crippen LogP contribution >= 0.6 is 11.6 Å². The van der Waals surface area contributed by atoms with Gasteiger partial charge in [-0.25, -0.2) is 16.8 Å². The van der Waals surface area contributed by atoms with Crippen molar-refractivity contribution in [2.45, 2.75) is 23.8 Å². The molecule has 6 nitrogen and oxygen atoms in total. The van der Waals surface area contributed by atoms with Crippen LogP contribution in [0, 0.1) is 0 Å². The third kappa shape index (κ3) is 4.68. The molecule has 0 saturated carbocycles. The van der Waals surface area contributed by atoms with E-state index in [1.54, 1.807) is 6.07 Å². The van der Waals surface area contributed by atoms with Crippen LogP contribution in [-0.4, -0.2) is 58.0 Å². The molecule has 1 unspecified atom stereocenters. The Labute approximate surface area is 141 Å². The molecule has 23 heavy (non-hydrogen) atoms. The number of halogens is 1. The SMILES string of the molecule is CN(C(=O)CCS(=O)(=O)c1cccc(Cl)c1)C1CCS(=O)(=O)C1. The Kier molecular flexibility index (Phi) is 5.37. The molecule has 0 bridgehead atoms. The van der Waals surface area contributed by atoms with Crippen LogP contribution in [0.1, 0.15) is 12.8 Å². The minimum absolute atomic E-state index is 0.0592. The molecule has 1 amide bonds. The number of hydrogen-bond donors (Lipinski definition) is 0. The molecule has 1 heterocycles. The number of nitrogens with zero attached hydrogens (tertiary/aromatic N) is 1. The third-order valence-corrected chi connectivity index (χ3v) is 7.59. The zero-order valence-corrected chi connectivity index (χ0v) is 15.0. The number of rotatable bonds is 5. The molecule has 1 fully saturated rings. The second-order valence-electron chi connectivity index (χ2n) is 5.59. The first-order valence-electron chi connectivity index (χ1n) is 7.05. The lowest BCUT2D eigenvalue weighted by Crippen LogP contribution is -2.38. The zero-order chi connectivity index (χ0) is 17.3. The lowest BCUT2D eigenvalue weighted by Gasteiger charge is -2.23. The summed E-state index contributed by atoms with van der Waals surface area (Å²) < 4.78 is 47.3. The van der Waals surface area contributed by atoms with E-state index in [4.69, 9.17) is 11.6 Å². The summed E-state index contributed by atoms with van der Waals surface area (Å²) in [5.74, 6) is -0.708. The van der Waals surface area contributed by atoms with Gasteiger partial charge in [0, 0.05) is 24.5 Å². The van der Waals surface area contributed by atoms with Gasteiger partial charge in [-0.2, -0.15) is 0 Å². The topological polar surface area (TPSA) is 88.6 Å². The second-order valence-corrected chi connectivity index (χ2v) is 10.4. The minimum Gasteiger partial charge on any atom is -0.342 e. The van der Waals surface area contributed by atoms with Crippen LogP contribution in [0.4, 0.5) is 0 Å². The number of sulfone groups is 2. The number of amides is 1. The van der Waals surface area contributed by atoms with Gasteiger partial charge in [-0.1, -0.05) is 17.7 Å². The van der Waals surface area contributed by atoms with Crippen molar-refractivity contribution < 1.29 is 21.6 Å². The molecule has 1 aromatic carbocycles. The summed E-state index contributed by atoms with van der Waals surface area (Å²) in [6.07, 6.45) is 0.202. The lowest BCUT2D eigenvalue weighted by atomic mass is 10.2. The van der Waals surface area contributed by atoms with E-state index >= 15 is 0 Å². The average Bonchev–Trinajstić information content (AvgIpc) is 2.84. The Morgan fingerprint density at radius 1 is 1.39 bits per heavy atom. The normalized spacial score (nSPS) is 20.3. The molecule has 0 aromatic heterocycles. The summed E-state index contributed by atoms with van der Waals surface area (Å²) in [6.45, 7) is 0. The number of carbonyl (C=O) groups excluding carboxylic acids is 1. The van der Waals surface area contributed by atoms with Crippen molar-refractivity contribution >= 4 is 37.2 Å². The molecule has 0 N–H and O–H groups in total. The smallest absolute Gasteiger partial charge is 0.223 e. The summed E-state index contributed by atoms with van der Waals surface area (Å²) in [5.41, 5.74) is 0. The van der Waals surface area contributed by atoms with Gasteiger partial charge in [-0.05, 0) is 24.6 Å². The van der Waals surface area contributed by atoms with E-state index in [2.05, 4.69) is 0 Å². The molecule has 0 spiro atoms. The maximum atomic E-state index is 12.2. The van der Waals surface area contributed by atoms with Crippen LogP contribution < -0.4 is 0 Å². The molecule has 1 saturated heterocycles. The molecule has 1 atom stereocenters. The fraction of sp³-hybridized carbons (Fsp3) is 0.500. The van der Waals surface area contributed by atoms with Crippen molar-refractivity contribution in [3.05, 3.63) is 29.3 Å². The van der Waals surface area contributed by atoms with Crippen molar-refractivity contribution in [3.8, 4) is 0 Å². The van der Waals surface area contributed by atoms with E-state index in [1.165, 1.54) is 30.1 Å². The molecule has 0 aliphatic carbocycles. The van der Waals surface area contributed by atoms with Crippen molar-refractivity contribution in [1.82, 2.24) is 4.90 Å². The van der Waals surface area contributed by atoms with E-state index in [0.29, 0.717) is 11.4 Å². The Hall–Kier alpha value is -1.12. The van der Waals surface area contributed by atoms with Crippen LogP contribution in [0.3, 0.4) is 0 Å². The van der Waals surface area contributed by atoms with E-state index in [0.717, 1.165) is 0 Å². The zero-order valence-electron chi connectivity index (χ0n) is 12.6. The maximum Gasteiger partial charge on any atom is 0.223 e. The monoisotopic (exact) mass is 379 g/mol. The van der Waals surface area contributed by atoms with E-state index in [9.17, 15) is 21.6 Å². The van der Waals surface area contributed by atoms with E-state index in [1.807, 2.05) is 0 Å². The predicted molar refractivity (Wildman–Crippen MR) is 88.0 cm³/mol. The molecular weight excluding hydrogens is 362 g/mol. The Bertz CT molecular complexity index is 804. The van der Waals surface area contributed by atoms with Gasteiger partial charge in [0.1, 0.15) is 0 Å². The molecule has 1 aromatic rings. The quantitative estimate of drug-likeness (QED) is 0.765. The molecule has 1 aliphatic rings. The van der Waals surface area contributed by atoms with Gasteiger partial charge in [0.05, 0.1) is 22.2 Å². The van der Waals surface area contributed by atoms with Crippen LogP contribution in [0.5, 0.6) is 0 Å². The van der Waals surface area contributed by atoms with Crippen LogP contribution in [0.15, 0.2) is 29.2 Å². The van der Waals surface area contributed by atoms with Crippen molar-refractivity contribution in [2.24, 2.45) is 0 Å². The Morgan fingerprint density at radius 3 is 2.65 bits per heavy atom. The summed E-state index contributed by atoms with van der Waals surface area (Å²) in [4.78, 5) is 13.5. The number of carbonyl (C=O) groups is 1. The van der Waals surface area contributed by atoms with Crippen LogP contribution in [-0.2, 0) is 24.5 Å². The predicted octanol–water partition coefficient (Wildman–Crippen LogP) is 1.15.